The van der Waals surface area contributed by atoms with Gasteiger partial charge < -0.3 is 64.8 Å². The Hall–Kier alpha value is -6.38. The topological polar surface area (TPSA) is 279 Å². The van der Waals surface area contributed by atoms with Gasteiger partial charge in [0.25, 0.3) is 0 Å². The lowest BCUT2D eigenvalue weighted by molar-refractivity contribution is -0.158. The summed E-state index contributed by atoms with van der Waals surface area (Å²) in [4.78, 5) is 195. The van der Waals surface area contributed by atoms with Gasteiger partial charge in [0.1, 0.15) is 60.0 Å². The molecular weight excluding hydrogens is 1350 g/mol. The third-order valence-electron chi connectivity index (χ3n) is 25.3. The summed E-state index contributed by atoms with van der Waals surface area (Å²) in [5, 5.41) is 9.77. The Kier molecular flexibility index (Phi) is 29.0. The molecule has 9 rings (SSSR count). The van der Waals surface area contributed by atoms with E-state index in [-0.39, 0.29) is 101 Å². The van der Waals surface area contributed by atoms with E-state index in [1.165, 1.54) is 93.4 Å². The maximum Gasteiger partial charge on any atom is 0.248 e. The third kappa shape index (κ3) is 19.5. The maximum absolute atomic E-state index is 15.7. The predicted octanol–water partition coefficient (Wildman–Crippen LogP) is 5.70. The fraction of sp³-hybridized carbons (Fsp3) is 0.818. The summed E-state index contributed by atoms with van der Waals surface area (Å²) in [5.41, 5.74) is -1.49. The van der Waals surface area contributed by atoms with E-state index in [0.29, 0.717) is 62.5 Å². The first-order valence-electron chi connectivity index (χ1n) is 39.4. The normalized spacial score (nSPS) is 33.1. The SMILES string of the molecule is CCO[C@@H]1C[C@H]2C(=O)NC3(CCC3)C(=O)N(C)[C@@H](C3CCCC3)C(=O)N(C)[C@H](C(=O)N(C)C)CC(=O)N(C)[C@@H](CC3CCCC3)C(=O)N[C@@H]([C@@H](C)CC)C(=O)N(C)CC(=O)N(C)[C@H]3C/C=C\CCN(C3=O)[C@@H](CC3CCC(F)CC3)C(=O)N(C)CC(=O)N[C@@H](CCC3CCC4SCCC4C3)C(=O)N2C1. The van der Waals surface area contributed by atoms with Crippen LogP contribution in [0.4, 0.5) is 4.39 Å². The van der Waals surface area contributed by atoms with E-state index >= 15 is 38.4 Å². The van der Waals surface area contributed by atoms with Gasteiger partial charge in [0.15, 0.2) is 0 Å². The summed E-state index contributed by atoms with van der Waals surface area (Å²) in [6, 6.07) is -9.46. The second kappa shape index (κ2) is 37.0. The quantitative estimate of drug-likeness (QED) is 0.187. The molecule has 5 aliphatic carbocycles. The number of carbonyl (C=O) groups is 12. The number of nitrogens with zero attached hydrogens (tertiary/aromatic N) is 9. The molecular formula is C77H123FN12O13S. The van der Waals surface area contributed by atoms with Crippen molar-refractivity contribution in [3.8, 4) is 0 Å². The van der Waals surface area contributed by atoms with Crippen molar-refractivity contribution in [1.82, 2.24) is 60.0 Å². The molecule has 3 N–H and O–H groups in total. The van der Waals surface area contributed by atoms with Gasteiger partial charge in [-0.15, -0.1) is 0 Å². The van der Waals surface area contributed by atoms with Gasteiger partial charge in [0.2, 0.25) is 70.9 Å². The van der Waals surface area contributed by atoms with Crippen molar-refractivity contribution >= 4 is 82.6 Å². The summed E-state index contributed by atoms with van der Waals surface area (Å²) >= 11 is 2.02. The zero-order valence-electron chi connectivity index (χ0n) is 64.1. The number of ether oxygens (including phenoxy) is 1. The molecule has 104 heavy (non-hydrogen) atoms. The molecule has 27 heteroatoms. The van der Waals surface area contributed by atoms with E-state index in [1.54, 1.807) is 14.0 Å². The van der Waals surface area contributed by atoms with Gasteiger partial charge in [-0.2, -0.15) is 11.8 Å². The maximum atomic E-state index is 15.7. The van der Waals surface area contributed by atoms with Crippen LogP contribution >= 0.6 is 11.8 Å². The molecule has 25 nitrogen and oxygen atoms in total. The number of hydrogen-bond donors (Lipinski definition) is 3. The van der Waals surface area contributed by atoms with Crippen molar-refractivity contribution in [2.24, 2.45) is 35.5 Å². The zero-order chi connectivity index (χ0) is 75.4. The molecule has 1 spiro atoms. The molecule has 582 valence electrons. The second-order valence-corrected chi connectivity index (χ2v) is 33.8. The van der Waals surface area contributed by atoms with Gasteiger partial charge in [0, 0.05) is 87.7 Å². The highest BCUT2D eigenvalue weighted by Gasteiger charge is 2.54. The Labute approximate surface area is 621 Å². The Bertz CT molecular complexity index is 3100. The molecule has 9 aliphatic rings. The van der Waals surface area contributed by atoms with Crippen molar-refractivity contribution in [1.29, 1.82) is 0 Å². The van der Waals surface area contributed by atoms with E-state index in [0.717, 1.165) is 70.0 Å². The fourth-order valence-electron chi connectivity index (χ4n) is 18.3. The number of amides is 12. The average Bonchev–Trinajstić information content (AvgIpc) is 1.36. The molecule has 13 atom stereocenters. The first kappa shape index (κ1) is 81.7. The van der Waals surface area contributed by atoms with Gasteiger partial charge in [-0.1, -0.05) is 70.9 Å². The van der Waals surface area contributed by atoms with Gasteiger partial charge in [-0.3, -0.25) is 57.5 Å². The van der Waals surface area contributed by atoms with Crippen LogP contribution in [0, 0.1) is 35.5 Å². The van der Waals surface area contributed by atoms with E-state index in [9.17, 15) is 23.6 Å². The van der Waals surface area contributed by atoms with Crippen LogP contribution in [0.2, 0.25) is 0 Å². The predicted molar refractivity (Wildman–Crippen MR) is 393 cm³/mol. The van der Waals surface area contributed by atoms with E-state index < -0.39 is 162 Å². The van der Waals surface area contributed by atoms with E-state index in [2.05, 4.69) is 16.0 Å². The smallest absolute Gasteiger partial charge is 0.248 e. The molecule has 5 saturated carbocycles. The monoisotopic (exact) mass is 1470 g/mol. The van der Waals surface area contributed by atoms with Crippen LogP contribution < -0.4 is 16.0 Å². The lowest BCUT2D eigenvalue weighted by atomic mass is 9.74. The van der Waals surface area contributed by atoms with Crippen molar-refractivity contribution in [2.45, 2.75) is 272 Å². The van der Waals surface area contributed by atoms with Crippen LogP contribution in [0.1, 0.15) is 201 Å². The van der Waals surface area contributed by atoms with Crippen molar-refractivity contribution < 1.29 is 66.7 Å². The van der Waals surface area contributed by atoms with Gasteiger partial charge in [-0.05, 0) is 170 Å². The van der Waals surface area contributed by atoms with Crippen LogP contribution in [-0.2, 0) is 62.3 Å². The minimum Gasteiger partial charge on any atom is -0.377 e. The lowest BCUT2D eigenvalue weighted by Crippen LogP contribution is -2.68. The third-order valence-corrected chi connectivity index (χ3v) is 26.8. The zero-order valence-corrected chi connectivity index (χ0v) is 64.9. The molecule has 4 aliphatic heterocycles. The molecule has 3 unspecified atom stereocenters. The summed E-state index contributed by atoms with van der Waals surface area (Å²) < 4.78 is 21.0. The number of carbonyl (C=O) groups excluding carboxylic acids is 12. The van der Waals surface area contributed by atoms with Crippen molar-refractivity contribution in [2.75, 3.05) is 94.9 Å². The van der Waals surface area contributed by atoms with Gasteiger partial charge >= 0.3 is 0 Å². The van der Waals surface area contributed by atoms with E-state index in [4.69, 9.17) is 4.74 Å². The molecule has 0 aromatic carbocycles. The van der Waals surface area contributed by atoms with E-state index in [1.807, 2.05) is 37.8 Å². The Morgan fingerprint density at radius 3 is 1.94 bits per heavy atom. The molecule has 2 bridgehead atoms. The second-order valence-electron chi connectivity index (χ2n) is 32.5. The number of halogens is 1. The van der Waals surface area contributed by atoms with Crippen LogP contribution in [-0.4, -0.2) is 281 Å². The highest BCUT2D eigenvalue weighted by molar-refractivity contribution is 8.00. The fourth-order valence-corrected chi connectivity index (χ4v) is 19.9. The summed E-state index contributed by atoms with van der Waals surface area (Å²) in [6.45, 7) is 4.82. The minimum absolute atomic E-state index is 0.00518. The number of fused-ring (bicyclic) bond motifs is 4. The molecule has 12 amide bonds. The summed E-state index contributed by atoms with van der Waals surface area (Å²) in [6.07, 6.45) is 16.5. The van der Waals surface area contributed by atoms with Crippen molar-refractivity contribution in [3.05, 3.63) is 12.2 Å². The first-order valence-corrected chi connectivity index (χ1v) is 40.4. The Balaban J connectivity index is 1.09. The molecule has 4 heterocycles. The van der Waals surface area contributed by atoms with Gasteiger partial charge in [-0.25, -0.2) is 4.39 Å². The number of hydrogen-bond acceptors (Lipinski definition) is 14. The van der Waals surface area contributed by atoms with Crippen LogP contribution in [0.15, 0.2) is 12.2 Å². The van der Waals surface area contributed by atoms with Crippen LogP contribution in [0.3, 0.4) is 0 Å². The molecule has 3 saturated heterocycles. The Morgan fingerprint density at radius 2 is 1.29 bits per heavy atom. The molecule has 0 radical (unpaired) electrons. The summed E-state index contributed by atoms with van der Waals surface area (Å²) in [7, 11) is 11.9. The van der Waals surface area contributed by atoms with Crippen LogP contribution in [0.25, 0.3) is 0 Å². The molecule has 0 aromatic heterocycles. The standard InChI is InChI=1S/C77H123FN12O13S/c1-12-48(3)66-74(100)84(7)47-65(93)85(8)57-26-15-14-20-38-89(73(57)99)61(42-51-27-31-54(78)32-28-51)72(98)83(6)46-63(91)79-56(33-29-50-30-34-62-53(40-50)35-39-104-62)70(96)90-45-55(103-13-2)43-59(90)69(95)81-77(36-21-37-77)76(102)88(11)67(52-24-18-19-25-52)75(101)87(10)60(71(97)82(4)5)44-64(92)86(9)58(68(94)80-66)41-49-22-16-17-23-49/h14-15,48-62,66-67H,12-13,16-47H2,1-11H3,(H,79,91)(H,80,94)(H,81,95)/b15-14-/t48-,50?,51?,53?,54?,55+,56-,57-,58-,59-,60-,61-,62?,66-,67-/m0/s1. The number of rotatable bonds is 13. The number of thioether (sulfide) groups is 1. The number of alkyl halides is 1. The molecule has 8 fully saturated rings. The lowest BCUT2D eigenvalue weighted by Gasteiger charge is -2.46. The Morgan fingerprint density at radius 1 is 0.635 bits per heavy atom. The van der Waals surface area contributed by atoms with Crippen LogP contribution in [0.5, 0.6) is 0 Å². The highest BCUT2D eigenvalue weighted by atomic mass is 32.2. The number of likely N-dealkylation sites (N-methyl/N-ethyl adjacent to an activating group) is 7. The molecule has 0 aromatic rings. The largest absolute Gasteiger partial charge is 0.377 e. The highest BCUT2D eigenvalue weighted by Crippen LogP contribution is 2.46. The van der Waals surface area contributed by atoms with Gasteiger partial charge in [0.05, 0.1) is 25.6 Å². The first-order chi connectivity index (χ1) is 49.6. The average molecular weight is 1480 g/mol. The summed E-state index contributed by atoms with van der Waals surface area (Å²) in [5.74, 6) is -5.97. The minimum atomic E-state index is -1.49. The van der Waals surface area contributed by atoms with Crippen molar-refractivity contribution in [3.63, 3.8) is 0 Å². The number of nitrogens with one attached hydrogen (secondary N) is 3.